The van der Waals surface area contributed by atoms with E-state index in [1.807, 2.05) is 12.4 Å². The zero-order valence-electron chi connectivity index (χ0n) is 11.8. The van der Waals surface area contributed by atoms with Gasteiger partial charge in [-0.15, -0.1) is 0 Å². The van der Waals surface area contributed by atoms with Crippen molar-refractivity contribution >= 4 is 0 Å². The van der Waals surface area contributed by atoms with Gasteiger partial charge in [0.15, 0.2) is 0 Å². The topological polar surface area (TPSA) is 29.9 Å². The molecule has 0 amide bonds. The molecule has 0 radical (unpaired) electrons. The molecular weight excluding hydrogens is 234 g/mol. The van der Waals surface area contributed by atoms with Crippen molar-refractivity contribution in [3.63, 3.8) is 0 Å². The van der Waals surface area contributed by atoms with Crippen LogP contribution in [0.15, 0.2) is 43.0 Å². The summed E-state index contributed by atoms with van der Waals surface area (Å²) in [5.74, 6) is 0. The number of hydrogen-bond acceptors (Lipinski definition) is 2. The van der Waals surface area contributed by atoms with E-state index >= 15 is 0 Å². The van der Waals surface area contributed by atoms with Crippen LogP contribution in [0.4, 0.5) is 0 Å². The first-order valence-corrected chi connectivity index (χ1v) is 7.11. The number of pyridine rings is 1. The van der Waals surface area contributed by atoms with Gasteiger partial charge in [0, 0.05) is 37.4 Å². The summed E-state index contributed by atoms with van der Waals surface area (Å²) in [7, 11) is 0. The van der Waals surface area contributed by atoms with Gasteiger partial charge in [0.05, 0.1) is 0 Å². The van der Waals surface area contributed by atoms with Crippen molar-refractivity contribution in [2.45, 2.75) is 39.3 Å². The van der Waals surface area contributed by atoms with Crippen molar-refractivity contribution in [3.05, 3.63) is 54.1 Å². The Morgan fingerprint density at radius 1 is 1.21 bits per heavy atom. The Morgan fingerprint density at radius 3 is 2.68 bits per heavy atom. The summed E-state index contributed by atoms with van der Waals surface area (Å²) in [6, 6.07) is 6.87. The van der Waals surface area contributed by atoms with Crippen LogP contribution in [0, 0.1) is 0 Å². The highest BCUT2D eigenvalue weighted by Gasteiger charge is 2.08. The highest BCUT2D eigenvalue weighted by Crippen LogP contribution is 2.17. The van der Waals surface area contributed by atoms with Crippen LogP contribution >= 0.6 is 0 Å². The summed E-state index contributed by atoms with van der Waals surface area (Å²) < 4.78 is 2.27. The molecule has 0 saturated carbocycles. The Kier molecular flexibility index (Phi) is 5.16. The van der Waals surface area contributed by atoms with Crippen LogP contribution in [0.5, 0.6) is 0 Å². The SMILES string of the molecule is CCNC(CC)c1ccn(CCc2ccncc2)c1. The van der Waals surface area contributed by atoms with Gasteiger partial charge in [-0.05, 0) is 48.7 Å². The third-order valence-electron chi connectivity index (χ3n) is 3.44. The molecule has 2 heterocycles. The summed E-state index contributed by atoms with van der Waals surface area (Å²) in [5.41, 5.74) is 2.73. The van der Waals surface area contributed by atoms with Crippen molar-refractivity contribution in [2.24, 2.45) is 0 Å². The predicted octanol–water partition coefficient (Wildman–Crippen LogP) is 3.19. The second kappa shape index (κ2) is 7.10. The average Bonchev–Trinajstić information content (AvgIpc) is 2.92. The lowest BCUT2D eigenvalue weighted by Gasteiger charge is -2.14. The van der Waals surface area contributed by atoms with Crippen molar-refractivity contribution in [1.29, 1.82) is 0 Å². The lowest BCUT2D eigenvalue weighted by Crippen LogP contribution is -2.19. The molecule has 1 unspecified atom stereocenters. The molecule has 3 nitrogen and oxygen atoms in total. The van der Waals surface area contributed by atoms with Gasteiger partial charge in [-0.1, -0.05) is 13.8 Å². The van der Waals surface area contributed by atoms with Gasteiger partial charge in [-0.2, -0.15) is 0 Å². The van der Waals surface area contributed by atoms with Gasteiger partial charge in [-0.25, -0.2) is 0 Å². The lowest BCUT2D eigenvalue weighted by molar-refractivity contribution is 0.535. The number of hydrogen-bond donors (Lipinski definition) is 1. The lowest BCUT2D eigenvalue weighted by atomic mass is 10.1. The molecule has 2 aromatic heterocycles. The van der Waals surface area contributed by atoms with Gasteiger partial charge in [0.25, 0.3) is 0 Å². The predicted molar refractivity (Wildman–Crippen MR) is 79.1 cm³/mol. The standard InChI is InChI=1S/C16H23N3/c1-3-16(18-4-2)15-8-12-19(13-15)11-7-14-5-9-17-10-6-14/h5-6,8-10,12-13,16,18H,3-4,7,11H2,1-2H3. The van der Waals surface area contributed by atoms with Gasteiger partial charge in [0.2, 0.25) is 0 Å². The maximum atomic E-state index is 4.04. The van der Waals surface area contributed by atoms with Crippen LogP contribution in [0.3, 0.4) is 0 Å². The number of rotatable bonds is 7. The van der Waals surface area contributed by atoms with Crippen LogP contribution in [0.25, 0.3) is 0 Å². The quantitative estimate of drug-likeness (QED) is 0.825. The van der Waals surface area contributed by atoms with Crippen molar-refractivity contribution in [3.8, 4) is 0 Å². The Hall–Kier alpha value is -1.61. The minimum Gasteiger partial charge on any atom is -0.354 e. The average molecular weight is 257 g/mol. The van der Waals surface area contributed by atoms with E-state index in [1.54, 1.807) is 0 Å². The van der Waals surface area contributed by atoms with E-state index in [-0.39, 0.29) is 0 Å². The molecule has 2 aromatic rings. The van der Waals surface area contributed by atoms with Crippen LogP contribution in [0.2, 0.25) is 0 Å². The fourth-order valence-electron chi connectivity index (χ4n) is 2.36. The molecule has 0 aromatic carbocycles. The molecule has 102 valence electrons. The van der Waals surface area contributed by atoms with Crippen LogP contribution in [-0.4, -0.2) is 16.1 Å². The fourth-order valence-corrected chi connectivity index (χ4v) is 2.36. The molecule has 0 fully saturated rings. The number of nitrogens with one attached hydrogen (secondary N) is 1. The van der Waals surface area contributed by atoms with E-state index in [1.165, 1.54) is 11.1 Å². The Bertz CT molecular complexity index is 476. The molecule has 0 bridgehead atoms. The first-order chi connectivity index (χ1) is 9.33. The number of aromatic nitrogens is 2. The summed E-state index contributed by atoms with van der Waals surface area (Å²) >= 11 is 0. The minimum absolute atomic E-state index is 0.479. The third kappa shape index (κ3) is 3.93. The van der Waals surface area contributed by atoms with Gasteiger partial charge >= 0.3 is 0 Å². The summed E-state index contributed by atoms with van der Waals surface area (Å²) in [4.78, 5) is 4.04. The summed E-state index contributed by atoms with van der Waals surface area (Å²) in [6.45, 7) is 6.41. The maximum absolute atomic E-state index is 4.04. The zero-order valence-corrected chi connectivity index (χ0v) is 11.8. The monoisotopic (exact) mass is 257 g/mol. The number of aryl methyl sites for hydroxylation is 2. The molecule has 0 aliphatic heterocycles. The van der Waals surface area contributed by atoms with Gasteiger partial charge in [-0.3, -0.25) is 4.98 Å². The zero-order chi connectivity index (χ0) is 13.5. The molecule has 3 heteroatoms. The van der Waals surface area contributed by atoms with E-state index < -0.39 is 0 Å². The Labute approximate surface area is 115 Å². The van der Waals surface area contributed by atoms with Gasteiger partial charge in [0.1, 0.15) is 0 Å². The van der Waals surface area contributed by atoms with E-state index in [4.69, 9.17) is 0 Å². The van der Waals surface area contributed by atoms with E-state index in [9.17, 15) is 0 Å². The van der Waals surface area contributed by atoms with Crippen LogP contribution in [0.1, 0.15) is 37.4 Å². The molecule has 2 rings (SSSR count). The minimum atomic E-state index is 0.479. The smallest absolute Gasteiger partial charge is 0.0332 e. The first kappa shape index (κ1) is 13.8. The highest BCUT2D eigenvalue weighted by atomic mass is 15.0. The van der Waals surface area contributed by atoms with Crippen molar-refractivity contribution in [1.82, 2.24) is 14.9 Å². The fraction of sp³-hybridized carbons (Fsp3) is 0.438. The molecule has 0 spiro atoms. The maximum Gasteiger partial charge on any atom is 0.0332 e. The molecule has 19 heavy (non-hydrogen) atoms. The molecular formula is C16H23N3. The third-order valence-corrected chi connectivity index (χ3v) is 3.44. The van der Waals surface area contributed by atoms with E-state index in [0.717, 1.165) is 25.9 Å². The normalized spacial score (nSPS) is 12.5. The van der Waals surface area contributed by atoms with E-state index in [0.29, 0.717) is 6.04 Å². The number of nitrogens with zero attached hydrogens (tertiary/aromatic N) is 2. The second-order valence-corrected chi connectivity index (χ2v) is 4.81. The molecule has 0 aliphatic carbocycles. The molecule has 1 atom stereocenters. The largest absolute Gasteiger partial charge is 0.354 e. The van der Waals surface area contributed by atoms with Gasteiger partial charge < -0.3 is 9.88 Å². The first-order valence-electron chi connectivity index (χ1n) is 7.11. The summed E-state index contributed by atoms with van der Waals surface area (Å²) in [5, 5.41) is 3.51. The van der Waals surface area contributed by atoms with Crippen LogP contribution < -0.4 is 5.32 Å². The molecule has 0 saturated heterocycles. The van der Waals surface area contributed by atoms with E-state index in [2.05, 4.69) is 59.3 Å². The van der Waals surface area contributed by atoms with Crippen LogP contribution in [-0.2, 0) is 13.0 Å². The molecule has 1 N–H and O–H groups in total. The second-order valence-electron chi connectivity index (χ2n) is 4.81. The van der Waals surface area contributed by atoms with Crippen molar-refractivity contribution < 1.29 is 0 Å². The Balaban J connectivity index is 1.93. The summed E-state index contributed by atoms with van der Waals surface area (Å²) in [6.07, 6.45) is 10.3. The van der Waals surface area contributed by atoms with Crippen molar-refractivity contribution in [2.75, 3.05) is 6.54 Å². The molecule has 0 aliphatic rings. The highest BCUT2D eigenvalue weighted by molar-refractivity contribution is 5.16. The Morgan fingerprint density at radius 2 is 2.00 bits per heavy atom.